The minimum atomic E-state index is 0.717. The summed E-state index contributed by atoms with van der Waals surface area (Å²) < 4.78 is 0. The van der Waals surface area contributed by atoms with E-state index in [0.29, 0.717) is 0 Å². The number of aromatic nitrogens is 4. The van der Waals surface area contributed by atoms with Crippen molar-refractivity contribution >= 4 is 5.82 Å². The number of anilines is 1. The first kappa shape index (κ1) is 12.5. The van der Waals surface area contributed by atoms with Crippen molar-refractivity contribution in [2.24, 2.45) is 0 Å². The van der Waals surface area contributed by atoms with Crippen LogP contribution in [0, 0.1) is 6.92 Å². The van der Waals surface area contributed by atoms with E-state index >= 15 is 0 Å². The molecule has 0 radical (unpaired) electrons. The van der Waals surface area contributed by atoms with Gasteiger partial charge in [-0.2, -0.15) is 0 Å². The van der Waals surface area contributed by atoms with Crippen molar-refractivity contribution in [3.63, 3.8) is 0 Å². The molecule has 0 aromatic carbocycles. The smallest absolute Gasteiger partial charge is 0.132 e. The van der Waals surface area contributed by atoms with Gasteiger partial charge in [-0.3, -0.25) is 0 Å². The second-order valence-electron chi connectivity index (χ2n) is 4.43. The molecule has 0 spiro atoms. The summed E-state index contributed by atoms with van der Waals surface area (Å²) in [5.74, 6) is 2.80. The van der Waals surface area contributed by atoms with Crippen molar-refractivity contribution < 1.29 is 0 Å². The molecule has 0 amide bonds. The Bertz CT molecular complexity index is 492. The number of aromatic amines is 1. The number of nitrogens with zero attached hydrogens (tertiary/aromatic N) is 4. The zero-order valence-electron chi connectivity index (χ0n) is 11.1. The van der Waals surface area contributed by atoms with Gasteiger partial charge in [0.25, 0.3) is 0 Å². The molecule has 5 heteroatoms. The Labute approximate surface area is 107 Å². The maximum atomic E-state index is 4.58. The second kappa shape index (κ2) is 5.62. The lowest BCUT2D eigenvalue weighted by Gasteiger charge is -2.17. The Balaban J connectivity index is 2.16. The van der Waals surface area contributed by atoms with Crippen molar-refractivity contribution in [3.8, 4) is 0 Å². The maximum Gasteiger partial charge on any atom is 0.132 e. The lowest BCUT2D eigenvalue weighted by atomic mass is 10.3. The first-order chi connectivity index (χ1) is 8.69. The van der Waals surface area contributed by atoms with Crippen molar-refractivity contribution in [1.82, 2.24) is 19.9 Å². The van der Waals surface area contributed by atoms with Gasteiger partial charge in [0.15, 0.2) is 0 Å². The Morgan fingerprint density at radius 2 is 2.17 bits per heavy atom. The molecular weight excluding hydrogens is 226 g/mol. The van der Waals surface area contributed by atoms with Gasteiger partial charge in [0.2, 0.25) is 0 Å². The summed E-state index contributed by atoms with van der Waals surface area (Å²) in [5, 5.41) is 0. The zero-order chi connectivity index (χ0) is 13.0. The molecule has 0 fully saturated rings. The molecule has 0 atom stereocenters. The fraction of sp³-hybridized carbons (Fsp3) is 0.462. The standard InChI is InChI=1S/C13H19N5/c1-4-5-11-16-10(2)8-13(17-11)18(3)9-12-14-6-7-15-12/h6-8H,4-5,9H2,1-3H3,(H,14,15). The fourth-order valence-electron chi connectivity index (χ4n) is 1.83. The van der Waals surface area contributed by atoms with Crippen molar-refractivity contribution in [2.75, 3.05) is 11.9 Å². The lowest BCUT2D eigenvalue weighted by molar-refractivity contribution is 0.791. The third kappa shape index (κ3) is 3.06. The maximum absolute atomic E-state index is 4.58. The van der Waals surface area contributed by atoms with Crippen molar-refractivity contribution in [2.45, 2.75) is 33.2 Å². The third-order valence-electron chi connectivity index (χ3n) is 2.69. The first-order valence-corrected chi connectivity index (χ1v) is 6.23. The van der Waals surface area contributed by atoms with Gasteiger partial charge in [-0.15, -0.1) is 0 Å². The van der Waals surface area contributed by atoms with Crippen LogP contribution in [-0.2, 0) is 13.0 Å². The van der Waals surface area contributed by atoms with Crippen LogP contribution in [0.2, 0.25) is 0 Å². The van der Waals surface area contributed by atoms with E-state index in [2.05, 4.69) is 31.8 Å². The highest BCUT2D eigenvalue weighted by Gasteiger charge is 2.08. The molecule has 2 rings (SSSR count). The van der Waals surface area contributed by atoms with Crippen LogP contribution in [0.4, 0.5) is 5.82 Å². The van der Waals surface area contributed by atoms with Crippen LogP contribution in [0.5, 0.6) is 0 Å². The van der Waals surface area contributed by atoms with Gasteiger partial charge < -0.3 is 9.88 Å². The van der Waals surface area contributed by atoms with E-state index in [1.165, 1.54) is 0 Å². The molecule has 0 aliphatic heterocycles. The number of hydrogen-bond donors (Lipinski definition) is 1. The predicted octanol–water partition coefficient (Wildman–Crippen LogP) is 2.10. The Kier molecular flexibility index (Phi) is 3.92. The van der Waals surface area contributed by atoms with Crippen LogP contribution in [0.1, 0.15) is 30.7 Å². The highest BCUT2D eigenvalue weighted by molar-refractivity contribution is 5.38. The first-order valence-electron chi connectivity index (χ1n) is 6.23. The molecule has 0 bridgehead atoms. The van der Waals surface area contributed by atoms with Crippen LogP contribution < -0.4 is 4.90 Å². The van der Waals surface area contributed by atoms with E-state index in [-0.39, 0.29) is 0 Å². The van der Waals surface area contributed by atoms with Crippen LogP contribution in [-0.4, -0.2) is 27.0 Å². The highest BCUT2D eigenvalue weighted by Crippen LogP contribution is 2.13. The van der Waals surface area contributed by atoms with Gasteiger partial charge in [0.1, 0.15) is 17.5 Å². The quantitative estimate of drug-likeness (QED) is 0.876. The molecule has 0 aliphatic rings. The van der Waals surface area contributed by atoms with Gasteiger partial charge in [0, 0.05) is 37.6 Å². The Morgan fingerprint density at radius 1 is 1.33 bits per heavy atom. The summed E-state index contributed by atoms with van der Waals surface area (Å²) in [4.78, 5) is 18.4. The van der Waals surface area contributed by atoms with Crippen LogP contribution in [0.15, 0.2) is 18.5 Å². The number of hydrogen-bond acceptors (Lipinski definition) is 4. The van der Waals surface area contributed by atoms with Crippen molar-refractivity contribution in [3.05, 3.63) is 35.8 Å². The number of aryl methyl sites for hydroxylation is 2. The fourth-order valence-corrected chi connectivity index (χ4v) is 1.83. The number of H-pyrrole nitrogens is 1. The number of nitrogens with one attached hydrogen (secondary N) is 1. The average Bonchev–Trinajstić information content (AvgIpc) is 2.81. The average molecular weight is 245 g/mol. The largest absolute Gasteiger partial charge is 0.352 e. The zero-order valence-corrected chi connectivity index (χ0v) is 11.1. The lowest BCUT2D eigenvalue weighted by Crippen LogP contribution is -2.19. The summed E-state index contributed by atoms with van der Waals surface area (Å²) >= 11 is 0. The summed E-state index contributed by atoms with van der Waals surface area (Å²) in [7, 11) is 2.01. The molecule has 0 saturated heterocycles. The highest BCUT2D eigenvalue weighted by atomic mass is 15.2. The third-order valence-corrected chi connectivity index (χ3v) is 2.69. The molecule has 0 aliphatic carbocycles. The van der Waals surface area contributed by atoms with E-state index in [0.717, 1.165) is 42.5 Å². The summed E-state index contributed by atoms with van der Waals surface area (Å²) in [5.41, 5.74) is 1.01. The van der Waals surface area contributed by atoms with E-state index < -0.39 is 0 Å². The second-order valence-corrected chi connectivity index (χ2v) is 4.43. The summed E-state index contributed by atoms with van der Waals surface area (Å²) in [6.07, 6.45) is 5.57. The monoisotopic (exact) mass is 245 g/mol. The molecule has 96 valence electrons. The molecule has 5 nitrogen and oxygen atoms in total. The van der Waals surface area contributed by atoms with E-state index in [4.69, 9.17) is 0 Å². The van der Waals surface area contributed by atoms with Gasteiger partial charge >= 0.3 is 0 Å². The number of imidazole rings is 1. The molecule has 2 heterocycles. The molecule has 2 aromatic rings. The van der Waals surface area contributed by atoms with Crippen LogP contribution in [0.3, 0.4) is 0 Å². The summed E-state index contributed by atoms with van der Waals surface area (Å²) in [6, 6.07) is 2.00. The minimum absolute atomic E-state index is 0.717. The van der Waals surface area contributed by atoms with Gasteiger partial charge in [-0.25, -0.2) is 15.0 Å². The van der Waals surface area contributed by atoms with Crippen molar-refractivity contribution in [1.29, 1.82) is 0 Å². The van der Waals surface area contributed by atoms with Gasteiger partial charge in [-0.1, -0.05) is 6.92 Å². The SMILES string of the molecule is CCCc1nc(C)cc(N(C)Cc2ncc[nH]2)n1. The Hall–Kier alpha value is -1.91. The summed E-state index contributed by atoms with van der Waals surface area (Å²) in [6.45, 7) is 4.86. The molecule has 0 unspecified atom stereocenters. The molecular formula is C13H19N5. The minimum Gasteiger partial charge on any atom is -0.352 e. The van der Waals surface area contributed by atoms with Crippen LogP contribution >= 0.6 is 0 Å². The van der Waals surface area contributed by atoms with E-state index in [1.54, 1.807) is 6.20 Å². The topological polar surface area (TPSA) is 57.7 Å². The molecule has 0 saturated carbocycles. The number of rotatable bonds is 5. The molecule has 2 aromatic heterocycles. The van der Waals surface area contributed by atoms with Crippen LogP contribution in [0.25, 0.3) is 0 Å². The van der Waals surface area contributed by atoms with Gasteiger partial charge in [-0.05, 0) is 13.3 Å². The van der Waals surface area contributed by atoms with E-state index in [9.17, 15) is 0 Å². The Morgan fingerprint density at radius 3 is 2.83 bits per heavy atom. The predicted molar refractivity (Wildman–Crippen MR) is 71.5 cm³/mol. The molecule has 1 N–H and O–H groups in total. The van der Waals surface area contributed by atoms with Gasteiger partial charge in [0.05, 0.1) is 6.54 Å². The normalized spacial score (nSPS) is 10.6. The molecule has 18 heavy (non-hydrogen) atoms. The van der Waals surface area contributed by atoms with E-state index in [1.807, 2.05) is 26.2 Å².